The molecule has 0 aromatic heterocycles. The Morgan fingerprint density at radius 1 is 1.29 bits per heavy atom. The van der Waals surface area contributed by atoms with E-state index in [2.05, 4.69) is 39.0 Å². The van der Waals surface area contributed by atoms with Crippen LogP contribution in [0.4, 0.5) is 0 Å². The summed E-state index contributed by atoms with van der Waals surface area (Å²) < 4.78 is 0. The van der Waals surface area contributed by atoms with E-state index < -0.39 is 0 Å². The van der Waals surface area contributed by atoms with Crippen LogP contribution in [-0.2, 0) is 6.42 Å². The average Bonchev–Trinajstić information content (AvgIpc) is 2.16. The molecule has 0 spiro atoms. The molecule has 1 rings (SSSR count). The summed E-state index contributed by atoms with van der Waals surface area (Å²) in [7, 11) is 0. The summed E-state index contributed by atoms with van der Waals surface area (Å²) in [6, 6.07) is 6.78. The molecule has 0 unspecified atom stereocenters. The van der Waals surface area contributed by atoms with Crippen molar-refractivity contribution in [2.45, 2.75) is 39.5 Å². The number of hydrogen-bond acceptors (Lipinski definition) is 1. The second kappa shape index (κ2) is 5.16. The lowest BCUT2D eigenvalue weighted by molar-refractivity contribution is 0.816. The maximum Gasteiger partial charge on any atom is -0.00741 e. The SMILES string of the molecule is Cc1ccc(C(C)C)cc1CCCN. The van der Waals surface area contributed by atoms with E-state index >= 15 is 0 Å². The van der Waals surface area contributed by atoms with Gasteiger partial charge < -0.3 is 5.73 Å². The van der Waals surface area contributed by atoms with Gasteiger partial charge in [0.05, 0.1) is 0 Å². The predicted molar refractivity (Wildman–Crippen MR) is 62.6 cm³/mol. The summed E-state index contributed by atoms with van der Waals surface area (Å²) in [5.74, 6) is 0.618. The zero-order valence-electron chi connectivity index (χ0n) is 9.51. The van der Waals surface area contributed by atoms with Gasteiger partial charge in [0.15, 0.2) is 0 Å². The highest BCUT2D eigenvalue weighted by molar-refractivity contribution is 5.32. The van der Waals surface area contributed by atoms with Crippen LogP contribution in [0.2, 0.25) is 0 Å². The summed E-state index contributed by atoms with van der Waals surface area (Å²) >= 11 is 0. The minimum Gasteiger partial charge on any atom is -0.330 e. The van der Waals surface area contributed by atoms with Gasteiger partial charge in [-0.2, -0.15) is 0 Å². The summed E-state index contributed by atoms with van der Waals surface area (Å²) in [5.41, 5.74) is 9.81. The van der Waals surface area contributed by atoms with Crippen molar-refractivity contribution in [3.63, 3.8) is 0 Å². The molecule has 1 heteroatoms. The Kier molecular flexibility index (Phi) is 4.15. The third-order valence-corrected chi connectivity index (χ3v) is 2.69. The maximum atomic E-state index is 5.52. The van der Waals surface area contributed by atoms with Crippen LogP contribution in [0, 0.1) is 6.92 Å². The molecule has 2 N–H and O–H groups in total. The number of benzene rings is 1. The molecule has 0 bridgehead atoms. The lowest BCUT2D eigenvalue weighted by Gasteiger charge is -2.10. The zero-order valence-corrected chi connectivity index (χ0v) is 9.51. The van der Waals surface area contributed by atoms with Crippen LogP contribution in [0.25, 0.3) is 0 Å². The summed E-state index contributed by atoms with van der Waals surface area (Å²) in [6.07, 6.45) is 2.20. The highest BCUT2D eigenvalue weighted by atomic mass is 14.5. The van der Waals surface area contributed by atoms with Crippen molar-refractivity contribution in [1.29, 1.82) is 0 Å². The zero-order chi connectivity index (χ0) is 10.6. The van der Waals surface area contributed by atoms with E-state index in [-0.39, 0.29) is 0 Å². The number of rotatable bonds is 4. The molecule has 0 heterocycles. The smallest absolute Gasteiger partial charge is 0.00741 e. The third-order valence-electron chi connectivity index (χ3n) is 2.69. The van der Waals surface area contributed by atoms with Gasteiger partial charge in [0.1, 0.15) is 0 Å². The summed E-state index contributed by atoms with van der Waals surface area (Å²) in [5, 5.41) is 0. The fourth-order valence-corrected chi connectivity index (χ4v) is 1.61. The molecule has 1 aromatic rings. The number of aryl methyl sites for hydroxylation is 2. The van der Waals surface area contributed by atoms with Crippen LogP contribution >= 0.6 is 0 Å². The summed E-state index contributed by atoms with van der Waals surface area (Å²) in [6.45, 7) is 7.43. The van der Waals surface area contributed by atoms with Crippen molar-refractivity contribution >= 4 is 0 Å². The monoisotopic (exact) mass is 191 g/mol. The lowest BCUT2D eigenvalue weighted by atomic mass is 9.96. The van der Waals surface area contributed by atoms with Crippen molar-refractivity contribution in [3.8, 4) is 0 Å². The first-order valence-corrected chi connectivity index (χ1v) is 5.44. The Morgan fingerprint density at radius 3 is 2.57 bits per heavy atom. The molecule has 0 fully saturated rings. The van der Waals surface area contributed by atoms with Gasteiger partial charge in [-0.1, -0.05) is 32.0 Å². The molecule has 0 aliphatic heterocycles. The standard InChI is InChI=1S/C13H21N/c1-10(2)12-7-6-11(3)13(9-12)5-4-8-14/h6-7,9-10H,4-5,8,14H2,1-3H3. The van der Waals surface area contributed by atoms with Crippen molar-refractivity contribution in [2.24, 2.45) is 5.73 Å². The number of nitrogens with two attached hydrogens (primary N) is 1. The van der Waals surface area contributed by atoms with E-state index in [1.165, 1.54) is 16.7 Å². The fraction of sp³-hybridized carbons (Fsp3) is 0.538. The van der Waals surface area contributed by atoms with Crippen LogP contribution in [0.5, 0.6) is 0 Å². The topological polar surface area (TPSA) is 26.0 Å². The molecule has 0 radical (unpaired) electrons. The van der Waals surface area contributed by atoms with Crippen molar-refractivity contribution in [3.05, 3.63) is 34.9 Å². The molecular weight excluding hydrogens is 170 g/mol. The quantitative estimate of drug-likeness (QED) is 0.778. The van der Waals surface area contributed by atoms with Gasteiger partial charge in [0.25, 0.3) is 0 Å². The minimum atomic E-state index is 0.618. The Bertz CT molecular complexity index is 289. The van der Waals surface area contributed by atoms with Gasteiger partial charge in [0.2, 0.25) is 0 Å². The van der Waals surface area contributed by atoms with Gasteiger partial charge in [0, 0.05) is 0 Å². The highest BCUT2D eigenvalue weighted by Crippen LogP contribution is 2.19. The van der Waals surface area contributed by atoms with Crippen molar-refractivity contribution in [2.75, 3.05) is 6.54 Å². The second-order valence-electron chi connectivity index (χ2n) is 4.23. The van der Waals surface area contributed by atoms with Gasteiger partial charge in [-0.25, -0.2) is 0 Å². The van der Waals surface area contributed by atoms with E-state index in [0.29, 0.717) is 5.92 Å². The van der Waals surface area contributed by atoms with E-state index in [1.807, 2.05) is 0 Å². The molecule has 0 saturated carbocycles. The predicted octanol–water partition coefficient (Wildman–Crippen LogP) is 3.01. The lowest BCUT2D eigenvalue weighted by Crippen LogP contribution is -2.02. The van der Waals surface area contributed by atoms with E-state index in [0.717, 1.165) is 19.4 Å². The normalized spacial score (nSPS) is 10.9. The molecule has 0 atom stereocenters. The van der Waals surface area contributed by atoms with E-state index in [9.17, 15) is 0 Å². The van der Waals surface area contributed by atoms with E-state index in [4.69, 9.17) is 5.73 Å². The van der Waals surface area contributed by atoms with Crippen LogP contribution < -0.4 is 5.73 Å². The molecule has 1 nitrogen and oxygen atoms in total. The van der Waals surface area contributed by atoms with E-state index in [1.54, 1.807) is 0 Å². The van der Waals surface area contributed by atoms with Gasteiger partial charge >= 0.3 is 0 Å². The number of hydrogen-bond donors (Lipinski definition) is 1. The summed E-state index contributed by atoms with van der Waals surface area (Å²) in [4.78, 5) is 0. The van der Waals surface area contributed by atoms with Crippen LogP contribution in [0.15, 0.2) is 18.2 Å². The molecule has 78 valence electrons. The molecule has 0 aliphatic carbocycles. The Balaban J connectivity index is 2.85. The van der Waals surface area contributed by atoms with Crippen LogP contribution in [-0.4, -0.2) is 6.54 Å². The van der Waals surface area contributed by atoms with Crippen molar-refractivity contribution < 1.29 is 0 Å². The third kappa shape index (κ3) is 2.85. The second-order valence-corrected chi connectivity index (χ2v) is 4.23. The van der Waals surface area contributed by atoms with Gasteiger partial charge in [-0.15, -0.1) is 0 Å². The molecule has 1 aromatic carbocycles. The first-order chi connectivity index (χ1) is 6.65. The largest absolute Gasteiger partial charge is 0.330 e. The Labute approximate surface area is 87.3 Å². The first kappa shape index (κ1) is 11.3. The fourth-order valence-electron chi connectivity index (χ4n) is 1.61. The van der Waals surface area contributed by atoms with Crippen LogP contribution in [0.1, 0.15) is 42.9 Å². The minimum absolute atomic E-state index is 0.618. The first-order valence-electron chi connectivity index (χ1n) is 5.44. The van der Waals surface area contributed by atoms with Crippen LogP contribution in [0.3, 0.4) is 0 Å². The molecule has 14 heavy (non-hydrogen) atoms. The molecule has 0 amide bonds. The van der Waals surface area contributed by atoms with Gasteiger partial charge in [-0.05, 0) is 48.9 Å². The highest BCUT2D eigenvalue weighted by Gasteiger charge is 2.03. The molecular formula is C13H21N. The van der Waals surface area contributed by atoms with Crippen molar-refractivity contribution in [1.82, 2.24) is 0 Å². The Morgan fingerprint density at radius 2 is 2.00 bits per heavy atom. The average molecular weight is 191 g/mol. The Hall–Kier alpha value is -0.820. The maximum absolute atomic E-state index is 5.52. The van der Waals surface area contributed by atoms with Gasteiger partial charge in [-0.3, -0.25) is 0 Å². The molecule has 0 aliphatic rings. The molecule has 0 saturated heterocycles.